The van der Waals surface area contributed by atoms with Crippen LogP contribution in [0.5, 0.6) is 0 Å². The molecule has 0 spiro atoms. The minimum atomic E-state index is 0.668. The van der Waals surface area contributed by atoms with Crippen molar-refractivity contribution >= 4 is 28.3 Å². The zero-order valence-electron chi connectivity index (χ0n) is 16.8. The van der Waals surface area contributed by atoms with Crippen LogP contribution in [-0.2, 0) is 13.1 Å². The summed E-state index contributed by atoms with van der Waals surface area (Å²) in [5, 5.41) is 8.51. The molecule has 1 aromatic heterocycles. The second-order valence-corrected chi connectivity index (χ2v) is 7.55. The molecular weight excluding hydrogens is 370 g/mol. The van der Waals surface area contributed by atoms with E-state index in [9.17, 15) is 0 Å². The molecule has 0 fully saturated rings. The minimum absolute atomic E-state index is 0.668. The summed E-state index contributed by atoms with van der Waals surface area (Å²) in [4.78, 5) is 11.8. The molecule has 0 saturated carbocycles. The molecule has 3 rings (SSSR count). The van der Waals surface area contributed by atoms with Gasteiger partial charge in [0.1, 0.15) is 11.6 Å². The second-order valence-electron chi connectivity index (χ2n) is 7.15. The smallest absolute Gasteiger partial charge is 0.145 e. The molecule has 6 heteroatoms. The summed E-state index contributed by atoms with van der Waals surface area (Å²) in [7, 11) is 4.04. The van der Waals surface area contributed by atoms with Crippen molar-refractivity contribution in [1.82, 2.24) is 20.2 Å². The molecule has 0 saturated heterocycles. The lowest BCUT2D eigenvalue weighted by Crippen LogP contribution is -2.20. The maximum absolute atomic E-state index is 6.26. The zero-order valence-corrected chi connectivity index (χ0v) is 17.6. The van der Waals surface area contributed by atoms with Crippen molar-refractivity contribution in [3.63, 3.8) is 0 Å². The molecule has 0 aliphatic carbocycles. The number of aromatic nitrogens is 2. The monoisotopic (exact) mass is 397 g/mol. The van der Waals surface area contributed by atoms with Gasteiger partial charge in [0.25, 0.3) is 0 Å². The fourth-order valence-electron chi connectivity index (χ4n) is 3.15. The van der Waals surface area contributed by atoms with Gasteiger partial charge in [0.2, 0.25) is 0 Å². The fraction of sp³-hybridized carbons (Fsp3) is 0.364. The Bertz CT molecular complexity index is 928. The first kappa shape index (κ1) is 20.5. The average molecular weight is 398 g/mol. The number of anilines is 1. The Balaban J connectivity index is 1.74. The number of halogens is 1. The number of para-hydroxylation sites is 1. The van der Waals surface area contributed by atoms with Gasteiger partial charge in [-0.05, 0) is 63.3 Å². The van der Waals surface area contributed by atoms with Crippen LogP contribution in [0.3, 0.4) is 0 Å². The van der Waals surface area contributed by atoms with Crippen LogP contribution in [0.25, 0.3) is 10.9 Å². The Morgan fingerprint density at radius 1 is 1.04 bits per heavy atom. The molecule has 1 heterocycles. The van der Waals surface area contributed by atoms with E-state index in [1.165, 1.54) is 5.56 Å². The van der Waals surface area contributed by atoms with Gasteiger partial charge in [0.05, 0.1) is 12.1 Å². The fourth-order valence-corrected chi connectivity index (χ4v) is 3.35. The standard InChI is InChI=1S/C22H28ClN5/c1-16-9-10-17(13-19(16)23)14-28(3)15-21-26-20-8-5-4-7-18(20)22(27-21)25-12-6-11-24-2/h4-5,7-10,13,24H,6,11-12,14-15H2,1-3H3,(H,25,26,27). The van der Waals surface area contributed by atoms with E-state index in [2.05, 4.69) is 40.8 Å². The summed E-state index contributed by atoms with van der Waals surface area (Å²) in [5.41, 5.74) is 3.25. The van der Waals surface area contributed by atoms with Crippen molar-refractivity contribution in [2.75, 3.05) is 32.5 Å². The Labute approximate surface area is 172 Å². The van der Waals surface area contributed by atoms with Crippen molar-refractivity contribution < 1.29 is 0 Å². The lowest BCUT2D eigenvalue weighted by atomic mass is 10.1. The van der Waals surface area contributed by atoms with Gasteiger partial charge >= 0.3 is 0 Å². The van der Waals surface area contributed by atoms with Crippen LogP contribution in [0.2, 0.25) is 5.02 Å². The van der Waals surface area contributed by atoms with Crippen LogP contribution in [-0.4, -0.2) is 42.1 Å². The first-order chi connectivity index (χ1) is 13.6. The molecule has 0 amide bonds. The van der Waals surface area contributed by atoms with Crippen molar-refractivity contribution in [2.45, 2.75) is 26.4 Å². The van der Waals surface area contributed by atoms with E-state index in [4.69, 9.17) is 21.6 Å². The molecule has 148 valence electrons. The number of fused-ring (bicyclic) bond motifs is 1. The highest BCUT2D eigenvalue weighted by Gasteiger charge is 2.10. The highest BCUT2D eigenvalue weighted by Crippen LogP contribution is 2.21. The van der Waals surface area contributed by atoms with E-state index in [-0.39, 0.29) is 0 Å². The maximum Gasteiger partial charge on any atom is 0.145 e. The SMILES string of the molecule is CNCCCNc1nc(CN(C)Cc2ccc(C)c(Cl)c2)nc2ccccc12. The van der Waals surface area contributed by atoms with Gasteiger partial charge in [-0.3, -0.25) is 4.90 Å². The van der Waals surface area contributed by atoms with E-state index < -0.39 is 0 Å². The molecule has 0 radical (unpaired) electrons. The molecule has 0 unspecified atom stereocenters. The third-order valence-corrected chi connectivity index (χ3v) is 5.05. The van der Waals surface area contributed by atoms with Crippen molar-refractivity contribution in [3.8, 4) is 0 Å². The van der Waals surface area contributed by atoms with Crippen LogP contribution < -0.4 is 10.6 Å². The van der Waals surface area contributed by atoms with Gasteiger partial charge in [-0.15, -0.1) is 0 Å². The molecule has 0 atom stereocenters. The van der Waals surface area contributed by atoms with Gasteiger partial charge in [0, 0.05) is 23.5 Å². The van der Waals surface area contributed by atoms with Crippen LogP contribution in [0.4, 0.5) is 5.82 Å². The average Bonchev–Trinajstić information content (AvgIpc) is 2.68. The predicted molar refractivity (Wildman–Crippen MR) is 118 cm³/mol. The summed E-state index contributed by atoms with van der Waals surface area (Å²) < 4.78 is 0. The third kappa shape index (κ3) is 5.41. The molecular formula is C22H28ClN5. The van der Waals surface area contributed by atoms with Gasteiger partial charge in [0.15, 0.2) is 0 Å². The molecule has 0 aliphatic heterocycles. The van der Waals surface area contributed by atoms with Crippen molar-refractivity contribution in [3.05, 3.63) is 64.4 Å². The summed E-state index contributed by atoms with van der Waals surface area (Å²) >= 11 is 6.26. The quantitative estimate of drug-likeness (QED) is 0.529. The highest BCUT2D eigenvalue weighted by atomic mass is 35.5. The number of nitrogens with one attached hydrogen (secondary N) is 2. The number of hydrogen-bond acceptors (Lipinski definition) is 5. The van der Waals surface area contributed by atoms with Gasteiger partial charge in [-0.1, -0.05) is 35.9 Å². The third-order valence-electron chi connectivity index (χ3n) is 4.65. The summed E-state index contributed by atoms with van der Waals surface area (Å²) in [6.45, 7) is 5.33. The largest absolute Gasteiger partial charge is 0.369 e. The Kier molecular flexibility index (Phi) is 7.20. The van der Waals surface area contributed by atoms with E-state index in [0.29, 0.717) is 6.54 Å². The summed E-state index contributed by atoms with van der Waals surface area (Å²) in [6.07, 6.45) is 1.04. The molecule has 2 N–H and O–H groups in total. The number of hydrogen-bond donors (Lipinski definition) is 2. The lowest BCUT2D eigenvalue weighted by Gasteiger charge is -2.18. The van der Waals surface area contributed by atoms with E-state index >= 15 is 0 Å². The highest BCUT2D eigenvalue weighted by molar-refractivity contribution is 6.31. The van der Waals surface area contributed by atoms with Gasteiger partial charge < -0.3 is 10.6 Å². The Hall–Kier alpha value is -2.21. The van der Waals surface area contributed by atoms with Crippen molar-refractivity contribution in [2.24, 2.45) is 0 Å². The van der Waals surface area contributed by atoms with Crippen LogP contribution in [0.15, 0.2) is 42.5 Å². The zero-order chi connectivity index (χ0) is 19.9. The molecule has 3 aromatic rings. The molecule has 0 bridgehead atoms. The van der Waals surface area contributed by atoms with Crippen LogP contribution in [0.1, 0.15) is 23.4 Å². The number of aryl methyl sites for hydroxylation is 1. The first-order valence-corrected chi connectivity index (χ1v) is 10.0. The Morgan fingerprint density at radius 3 is 2.64 bits per heavy atom. The molecule has 5 nitrogen and oxygen atoms in total. The van der Waals surface area contributed by atoms with Gasteiger partial charge in [-0.25, -0.2) is 9.97 Å². The normalized spacial score (nSPS) is 11.3. The topological polar surface area (TPSA) is 53.1 Å². The summed E-state index contributed by atoms with van der Waals surface area (Å²) in [6, 6.07) is 14.4. The predicted octanol–water partition coefficient (Wildman–Crippen LogP) is 4.25. The minimum Gasteiger partial charge on any atom is -0.369 e. The van der Waals surface area contributed by atoms with Crippen molar-refractivity contribution in [1.29, 1.82) is 0 Å². The van der Waals surface area contributed by atoms with Gasteiger partial charge in [-0.2, -0.15) is 0 Å². The molecule has 0 aliphatic rings. The molecule has 2 aromatic carbocycles. The maximum atomic E-state index is 6.26. The molecule has 28 heavy (non-hydrogen) atoms. The first-order valence-electron chi connectivity index (χ1n) is 9.64. The summed E-state index contributed by atoms with van der Waals surface area (Å²) in [5.74, 6) is 1.72. The van der Waals surface area contributed by atoms with E-state index in [1.54, 1.807) is 0 Å². The van der Waals surface area contributed by atoms with E-state index in [0.717, 1.165) is 59.2 Å². The van der Waals surface area contributed by atoms with E-state index in [1.807, 2.05) is 38.2 Å². The number of rotatable bonds is 9. The second kappa shape index (κ2) is 9.82. The van der Waals surface area contributed by atoms with Crippen LogP contribution >= 0.6 is 11.6 Å². The number of benzene rings is 2. The number of nitrogens with zero attached hydrogens (tertiary/aromatic N) is 3. The van der Waals surface area contributed by atoms with Crippen LogP contribution in [0, 0.1) is 6.92 Å². The Morgan fingerprint density at radius 2 is 1.86 bits per heavy atom. The lowest BCUT2D eigenvalue weighted by molar-refractivity contribution is 0.311.